The highest BCUT2D eigenvalue weighted by Crippen LogP contribution is 2.15. The van der Waals surface area contributed by atoms with Crippen molar-refractivity contribution in [3.63, 3.8) is 0 Å². The van der Waals surface area contributed by atoms with Crippen LogP contribution < -0.4 is 10.9 Å². The van der Waals surface area contributed by atoms with Gasteiger partial charge in [0.15, 0.2) is 0 Å². The van der Waals surface area contributed by atoms with Crippen molar-refractivity contribution >= 4 is 17.3 Å². The summed E-state index contributed by atoms with van der Waals surface area (Å²) >= 11 is 5.81. The van der Waals surface area contributed by atoms with Crippen molar-refractivity contribution in [3.8, 4) is 0 Å². The predicted molar refractivity (Wildman–Crippen MR) is 61.5 cm³/mol. The highest BCUT2D eigenvalue weighted by Gasteiger charge is 2.08. The number of aromatic amines is 1. The van der Waals surface area contributed by atoms with Crippen LogP contribution in [-0.4, -0.2) is 41.8 Å². The van der Waals surface area contributed by atoms with Gasteiger partial charge in [0.2, 0.25) is 0 Å². The third-order valence-electron chi connectivity index (χ3n) is 1.84. The first-order chi connectivity index (χ1) is 7.00. The average molecular weight is 231 g/mol. The maximum atomic E-state index is 11.1. The van der Waals surface area contributed by atoms with Crippen LogP contribution in [0.15, 0.2) is 11.0 Å². The van der Waals surface area contributed by atoms with E-state index in [9.17, 15) is 4.79 Å². The maximum Gasteiger partial charge on any atom is 0.285 e. The molecule has 1 atom stereocenters. The van der Waals surface area contributed by atoms with Gasteiger partial charge >= 0.3 is 0 Å². The molecule has 0 aliphatic carbocycles. The SMILES string of the molecule is CC(CN(C)C)Nc1cn[nH]c(=O)c1Cl. The van der Waals surface area contributed by atoms with Gasteiger partial charge in [-0.15, -0.1) is 0 Å². The summed E-state index contributed by atoms with van der Waals surface area (Å²) in [5.41, 5.74) is 0.188. The van der Waals surface area contributed by atoms with E-state index in [2.05, 4.69) is 15.5 Å². The molecule has 1 rings (SSSR count). The minimum absolute atomic E-state index is 0.149. The zero-order chi connectivity index (χ0) is 11.4. The van der Waals surface area contributed by atoms with Gasteiger partial charge in [0, 0.05) is 12.6 Å². The highest BCUT2D eigenvalue weighted by molar-refractivity contribution is 6.32. The van der Waals surface area contributed by atoms with Crippen LogP contribution in [0.25, 0.3) is 0 Å². The lowest BCUT2D eigenvalue weighted by molar-refractivity contribution is 0.392. The monoisotopic (exact) mass is 230 g/mol. The number of aromatic nitrogens is 2. The fraction of sp³-hybridized carbons (Fsp3) is 0.556. The van der Waals surface area contributed by atoms with Crippen LogP contribution in [-0.2, 0) is 0 Å². The first-order valence-electron chi connectivity index (χ1n) is 4.65. The van der Waals surface area contributed by atoms with Gasteiger partial charge in [0.25, 0.3) is 5.56 Å². The van der Waals surface area contributed by atoms with Crippen molar-refractivity contribution in [3.05, 3.63) is 21.6 Å². The second kappa shape index (κ2) is 5.14. The number of hydrogen-bond acceptors (Lipinski definition) is 4. The van der Waals surface area contributed by atoms with Gasteiger partial charge in [-0.3, -0.25) is 4.79 Å². The number of hydrogen-bond donors (Lipinski definition) is 2. The zero-order valence-electron chi connectivity index (χ0n) is 9.04. The van der Waals surface area contributed by atoms with E-state index in [0.717, 1.165) is 6.54 Å². The molecular weight excluding hydrogens is 216 g/mol. The third kappa shape index (κ3) is 3.53. The summed E-state index contributed by atoms with van der Waals surface area (Å²) in [6.07, 6.45) is 1.51. The fourth-order valence-corrected chi connectivity index (χ4v) is 1.49. The number of halogens is 1. The van der Waals surface area contributed by atoms with Gasteiger partial charge < -0.3 is 10.2 Å². The van der Waals surface area contributed by atoms with E-state index in [4.69, 9.17) is 11.6 Å². The van der Waals surface area contributed by atoms with Crippen LogP contribution in [0, 0.1) is 0 Å². The summed E-state index contributed by atoms with van der Waals surface area (Å²) in [5.74, 6) is 0. The Labute approximate surface area is 93.4 Å². The molecule has 0 fully saturated rings. The molecule has 0 saturated heterocycles. The van der Waals surface area contributed by atoms with Crippen molar-refractivity contribution in [2.75, 3.05) is 26.0 Å². The standard InChI is InChI=1S/C9H15ClN4O/c1-6(5-14(2)3)12-7-4-11-13-9(15)8(7)10/h4,6H,5H2,1-3H3,(H2,12,13,15). The highest BCUT2D eigenvalue weighted by atomic mass is 35.5. The lowest BCUT2D eigenvalue weighted by Gasteiger charge is -2.19. The molecule has 0 aliphatic rings. The molecule has 0 spiro atoms. The number of anilines is 1. The number of nitrogens with zero attached hydrogens (tertiary/aromatic N) is 2. The largest absolute Gasteiger partial charge is 0.379 e. The average Bonchev–Trinajstić information content (AvgIpc) is 2.11. The molecule has 84 valence electrons. The van der Waals surface area contributed by atoms with Gasteiger partial charge in [0.05, 0.1) is 11.9 Å². The fourth-order valence-electron chi connectivity index (χ4n) is 1.34. The number of nitrogens with one attached hydrogen (secondary N) is 2. The number of H-pyrrole nitrogens is 1. The molecule has 5 nitrogen and oxygen atoms in total. The molecule has 0 saturated carbocycles. The van der Waals surface area contributed by atoms with E-state index in [0.29, 0.717) is 5.69 Å². The van der Waals surface area contributed by atoms with E-state index in [1.54, 1.807) is 0 Å². The van der Waals surface area contributed by atoms with Crippen LogP contribution in [0.5, 0.6) is 0 Å². The molecule has 0 bridgehead atoms. The first kappa shape index (κ1) is 12.0. The summed E-state index contributed by atoms with van der Waals surface area (Å²) in [5, 5.41) is 9.22. The van der Waals surface area contributed by atoms with Crippen LogP contribution >= 0.6 is 11.6 Å². The summed E-state index contributed by atoms with van der Waals surface area (Å²) in [6.45, 7) is 2.86. The van der Waals surface area contributed by atoms with E-state index in [1.165, 1.54) is 6.20 Å². The zero-order valence-corrected chi connectivity index (χ0v) is 9.80. The van der Waals surface area contributed by atoms with Crippen molar-refractivity contribution < 1.29 is 0 Å². The van der Waals surface area contributed by atoms with Gasteiger partial charge in [-0.05, 0) is 21.0 Å². The molecule has 1 aromatic rings. The molecule has 0 aliphatic heterocycles. The second-order valence-corrected chi connectivity index (χ2v) is 4.11. The van der Waals surface area contributed by atoms with Crippen LogP contribution in [0.4, 0.5) is 5.69 Å². The van der Waals surface area contributed by atoms with E-state index < -0.39 is 0 Å². The Kier molecular flexibility index (Phi) is 4.11. The van der Waals surface area contributed by atoms with Gasteiger partial charge in [-0.25, -0.2) is 5.10 Å². The quantitative estimate of drug-likeness (QED) is 0.803. The van der Waals surface area contributed by atoms with Gasteiger partial charge in [-0.2, -0.15) is 5.10 Å². The molecule has 1 heterocycles. The van der Waals surface area contributed by atoms with Crippen molar-refractivity contribution in [2.24, 2.45) is 0 Å². The number of likely N-dealkylation sites (N-methyl/N-ethyl adjacent to an activating group) is 1. The second-order valence-electron chi connectivity index (χ2n) is 3.73. The smallest absolute Gasteiger partial charge is 0.285 e. The van der Waals surface area contributed by atoms with Crippen molar-refractivity contribution in [2.45, 2.75) is 13.0 Å². The minimum atomic E-state index is -0.376. The van der Waals surface area contributed by atoms with Crippen LogP contribution in [0.2, 0.25) is 5.02 Å². The minimum Gasteiger partial charge on any atom is -0.379 e. The van der Waals surface area contributed by atoms with E-state index in [-0.39, 0.29) is 16.6 Å². The molecule has 0 amide bonds. The summed E-state index contributed by atoms with van der Waals surface area (Å²) < 4.78 is 0. The summed E-state index contributed by atoms with van der Waals surface area (Å²) in [6, 6.07) is 0.195. The molecule has 0 aromatic carbocycles. The molecular formula is C9H15ClN4O. The van der Waals surface area contributed by atoms with Crippen LogP contribution in [0.3, 0.4) is 0 Å². The van der Waals surface area contributed by atoms with Crippen molar-refractivity contribution in [1.82, 2.24) is 15.1 Å². The van der Waals surface area contributed by atoms with E-state index >= 15 is 0 Å². The Bertz CT molecular complexity index is 377. The Morgan fingerprint density at radius 3 is 2.93 bits per heavy atom. The predicted octanol–water partition coefficient (Wildman–Crippen LogP) is 0.785. The molecule has 15 heavy (non-hydrogen) atoms. The summed E-state index contributed by atoms with van der Waals surface area (Å²) in [4.78, 5) is 13.2. The normalized spacial score (nSPS) is 12.9. The molecule has 2 N–H and O–H groups in total. The molecule has 1 unspecified atom stereocenters. The lowest BCUT2D eigenvalue weighted by atomic mass is 10.3. The topological polar surface area (TPSA) is 61.0 Å². The van der Waals surface area contributed by atoms with Gasteiger partial charge in [0.1, 0.15) is 5.02 Å². The Morgan fingerprint density at radius 2 is 2.33 bits per heavy atom. The molecule has 0 radical (unpaired) electrons. The van der Waals surface area contributed by atoms with Crippen LogP contribution in [0.1, 0.15) is 6.92 Å². The first-order valence-corrected chi connectivity index (χ1v) is 5.03. The van der Waals surface area contributed by atoms with E-state index in [1.807, 2.05) is 25.9 Å². The van der Waals surface area contributed by atoms with Gasteiger partial charge in [-0.1, -0.05) is 11.6 Å². The maximum absolute atomic E-state index is 11.1. The van der Waals surface area contributed by atoms with Crippen molar-refractivity contribution in [1.29, 1.82) is 0 Å². The summed E-state index contributed by atoms with van der Waals surface area (Å²) in [7, 11) is 3.96. The number of rotatable bonds is 4. The Balaban J connectivity index is 2.72. The molecule has 1 aromatic heterocycles. The Hall–Kier alpha value is -1.07. The molecule has 6 heteroatoms. The third-order valence-corrected chi connectivity index (χ3v) is 2.21. The lowest BCUT2D eigenvalue weighted by Crippen LogP contribution is -2.30. The Morgan fingerprint density at radius 1 is 1.67 bits per heavy atom.